The third-order valence-corrected chi connectivity index (χ3v) is 2.22. The van der Waals surface area contributed by atoms with E-state index in [1.807, 2.05) is 20.8 Å². The molecule has 1 atom stereocenters. The Labute approximate surface area is 89.3 Å². The van der Waals surface area contributed by atoms with Gasteiger partial charge in [0.2, 0.25) is 0 Å². The number of hydrogen-bond acceptors (Lipinski definition) is 4. The van der Waals surface area contributed by atoms with Gasteiger partial charge in [0.25, 0.3) is 0 Å². The lowest BCUT2D eigenvalue weighted by Crippen LogP contribution is -2.55. The first-order valence-electron chi connectivity index (χ1n) is 4.91. The summed E-state index contributed by atoms with van der Waals surface area (Å²) >= 11 is 0. The molecule has 0 radical (unpaired) electrons. The normalized spacial score (nSPS) is 24.8. The summed E-state index contributed by atoms with van der Waals surface area (Å²) in [6.45, 7) is 6.49. The quantitative estimate of drug-likeness (QED) is 0.427. The number of hydrogen-bond donors (Lipinski definition) is 0. The molecule has 15 heavy (non-hydrogen) atoms. The van der Waals surface area contributed by atoms with E-state index in [0.29, 0.717) is 13.1 Å². The highest BCUT2D eigenvalue weighted by Gasteiger charge is 2.36. The van der Waals surface area contributed by atoms with Gasteiger partial charge in [-0.3, -0.25) is 4.79 Å². The number of rotatable bonds is 0. The molecule has 1 aliphatic rings. The first-order chi connectivity index (χ1) is 6.85. The molecule has 5 nitrogen and oxygen atoms in total. The van der Waals surface area contributed by atoms with Crippen molar-refractivity contribution in [2.24, 2.45) is 0 Å². The monoisotopic (exact) mass is 215 g/mol. The molecule has 0 spiro atoms. The van der Waals surface area contributed by atoms with E-state index >= 15 is 0 Å². The van der Waals surface area contributed by atoms with Crippen LogP contribution in [0, 0.1) is 0 Å². The van der Waals surface area contributed by atoms with Crippen LogP contribution in [0.1, 0.15) is 20.8 Å². The summed E-state index contributed by atoms with van der Waals surface area (Å²) in [7, 11) is 1.20. The summed E-state index contributed by atoms with van der Waals surface area (Å²) in [5.74, 6) is -1.42. The van der Waals surface area contributed by atoms with Gasteiger partial charge in [0, 0.05) is 13.1 Å². The molecule has 0 aromatic heterocycles. The fourth-order valence-electron chi connectivity index (χ4n) is 1.82. The van der Waals surface area contributed by atoms with Crippen LogP contribution in [0.5, 0.6) is 0 Å². The van der Waals surface area contributed by atoms with Crippen LogP contribution in [-0.4, -0.2) is 48.7 Å². The minimum absolute atomic E-state index is 0.0673. The first kappa shape index (κ1) is 12.0. The largest absolute Gasteiger partial charge is 0.462 e. The molecule has 1 unspecified atom stereocenters. The molecule has 0 bridgehead atoms. The van der Waals surface area contributed by atoms with Gasteiger partial charge in [-0.15, -0.1) is 0 Å². The van der Waals surface area contributed by atoms with Crippen LogP contribution < -0.4 is 0 Å². The second kappa shape index (κ2) is 4.18. The van der Waals surface area contributed by atoms with Gasteiger partial charge in [-0.25, -0.2) is 4.79 Å². The standard InChI is InChI=1S/C10H17NO4/c1-7-5-11(6-10(2,3)15-7)8(12)9(13)14-4/h7H,5-6H2,1-4H3. The molecule has 1 amide bonds. The van der Waals surface area contributed by atoms with Gasteiger partial charge in [-0.1, -0.05) is 0 Å². The van der Waals surface area contributed by atoms with Gasteiger partial charge in [0.15, 0.2) is 0 Å². The molecule has 0 saturated carbocycles. The number of nitrogens with zero attached hydrogens (tertiary/aromatic N) is 1. The maximum Gasteiger partial charge on any atom is 0.396 e. The lowest BCUT2D eigenvalue weighted by molar-refractivity contribution is -0.171. The molecule has 1 heterocycles. The molecule has 5 heteroatoms. The Morgan fingerprint density at radius 1 is 1.47 bits per heavy atom. The summed E-state index contributed by atoms with van der Waals surface area (Å²) in [4.78, 5) is 24.1. The van der Waals surface area contributed by atoms with E-state index < -0.39 is 17.5 Å². The number of carbonyl (C=O) groups excluding carboxylic acids is 2. The molecule has 0 N–H and O–H groups in total. The highest BCUT2D eigenvalue weighted by molar-refractivity contribution is 6.32. The zero-order valence-electron chi connectivity index (χ0n) is 9.57. The maximum absolute atomic E-state index is 11.6. The topological polar surface area (TPSA) is 55.8 Å². The van der Waals surface area contributed by atoms with Crippen LogP contribution in [-0.2, 0) is 19.1 Å². The van der Waals surface area contributed by atoms with Crippen molar-refractivity contribution in [2.45, 2.75) is 32.5 Å². The van der Waals surface area contributed by atoms with Crippen molar-refractivity contribution in [1.82, 2.24) is 4.90 Å². The third-order valence-electron chi connectivity index (χ3n) is 2.22. The first-order valence-corrected chi connectivity index (χ1v) is 4.91. The third kappa shape index (κ3) is 2.92. The summed E-state index contributed by atoms with van der Waals surface area (Å²) < 4.78 is 10.0. The van der Waals surface area contributed by atoms with Crippen molar-refractivity contribution in [2.75, 3.05) is 20.2 Å². The molecule has 1 saturated heterocycles. The van der Waals surface area contributed by atoms with Gasteiger partial charge < -0.3 is 14.4 Å². The summed E-state index contributed by atoms with van der Waals surface area (Å²) in [6, 6.07) is 0. The van der Waals surface area contributed by atoms with E-state index in [9.17, 15) is 9.59 Å². The van der Waals surface area contributed by atoms with E-state index in [4.69, 9.17) is 4.74 Å². The lowest BCUT2D eigenvalue weighted by atomic mass is 10.1. The maximum atomic E-state index is 11.6. The number of ether oxygens (including phenoxy) is 2. The van der Waals surface area contributed by atoms with Crippen LogP contribution in [0.15, 0.2) is 0 Å². The number of esters is 1. The van der Waals surface area contributed by atoms with Crippen LogP contribution in [0.4, 0.5) is 0 Å². The molecule has 1 aliphatic heterocycles. The zero-order chi connectivity index (χ0) is 11.6. The SMILES string of the molecule is COC(=O)C(=O)N1CC(C)OC(C)(C)C1. The minimum Gasteiger partial charge on any atom is -0.462 e. The molecule has 1 fully saturated rings. The molecule has 0 aliphatic carbocycles. The Kier molecular flexibility index (Phi) is 3.34. The van der Waals surface area contributed by atoms with Crippen molar-refractivity contribution in [3.63, 3.8) is 0 Å². The molecule has 1 rings (SSSR count). The highest BCUT2D eigenvalue weighted by atomic mass is 16.5. The van der Waals surface area contributed by atoms with Crippen molar-refractivity contribution in [1.29, 1.82) is 0 Å². The Hall–Kier alpha value is -1.10. The summed E-state index contributed by atoms with van der Waals surface area (Å²) in [6.07, 6.45) is -0.0673. The number of methoxy groups -OCH3 is 1. The van der Waals surface area contributed by atoms with Crippen molar-refractivity contribution in [3.05, 3.63) is 0 Å². The van der Waals surface area contributed by atoms with E-state index in [1.165, 1.54) is 12.0 Å². The van der Waals surface area contributed by atoms with Crippen LogP contribution in [0.25, 0.3) is 0 Å². The van der Waals surface area contributed by atoms with Crippen LogP contribution in [0.3, 0.4) is 0 Å². The van der Waals surface area contributed by atoms with Gasteiger partial charge in [0.05, 0.1) is 18.8 Å². The average Bonchev–Trinajstić information content (AvgIpc) is 2.12. The van der Waals surface area contributed by atoms with Crippen LogP contribution >= 0.6 is 0 Å². The second-order valence-electron chi connectivity index (χ2n) is 4.37. The molecular formula is C10H17NO4. The molecule has 0 aromatic rings. The Morgan fingerprint density at radius 2 is 2.07 bits per heavy atom. The van der Waals surface area contributed by atoms with E-state index in [-0.39, 0.29) is 6.10 Å². The Balaban J connectivity index is 2.70. The second-order valence-corrected chi connectivity index (χ2v) is 4.37. The van der Waals surface area contributed by atoms with Crippen molar-refractivity contribution >= 4 is 11.9 Å². The van der Waals surface area contributed by atoms with E-state index in [1.54, 1.807) is 0 Å². The highest BCUT2D eigenvalue weighted by Crippen LogP contribution is 2.20. The predicted molar refractivity (Wildman–Crippen MR) is 53.2 cm³/mol. The number of morpholine rings is 1. The smallest absolute Gasteiger partial charge is 0.396 e. The van der Waals surface area contributed by atoms with Crippen LogP contribution in [0.2, 0.25) is 0 Å². The Morgan fingerprint density at radius 3 is 2.53 bits per heavy atom. The van der Waals surface area contributed by atoms with Crippen molar-refractivity contribution < 1.29 is 19.1 Å². The lowest BCUT2D eigenvalue weighted by Gasteiger charge is -2.41. The average molecular weight is 215 g/mol. The summed E-state index contributed by atoms with van der Waals surface area (Å²) in [5, 5.41) is 0. The van der Waals surface area contributed by atoms with Gasteiger partial charge in [-0.2, -0.15) is 0 Å². The molecular weight excluding hydrogens is 198 g/mol. The predicted octanol–water partition coefficient (Wildman–Crippen LogP) is 0.185. The number of amides is 1. The number of carbonyl (C=O) groups is 2. The van der Waals surface area contributed by atoms with E-state index in [0.717, 1.165) is 0 Å². The molecule has 0 aromatic carbocycles. The fraction of sp³-hybridized carbons (Fsp3) is 0.800. The van der Waals surface area contributed by atoms with Crippen molar-refractivity contribution in [3.8, 4) is 0 Å². The molecule has 86 valence electrons. The van der Waals surface area contributed by atoms with E-state index in [2.05, 4.69) is 4.74 Å². The van der Waals surface area contributed by atoms with Gasteiger partial charge >= 0.3 is 11.9 Å². The summed E-state index contributed by atoms with van der Waals surface area (Å²) in [5.41, 5.74) is -0.415. The Bertz CT molecular complexity index is 275. The van der Waals surface area contributed by atoms with Gasteiger partial charge in [0.1, 0.15) is 0 Å². The fourth-order valence-corrected chi connectivity index (χ4v) is 1.82. The zero-order valence-corrected chi connectivity index (χ0v) is 9.57. The minimum atomic E-state index is -0.820. The van der Waals surface area contributed by atoms with Gasteiger partial charge in [-0.05, 0) is 20.8 Å².